The Morgan fingerprint density at radius 1 is 1.13 bits per heavy atom. The lowest BCUT2D eigenvalue weighted by molar-refractivity contribution is -0.139. The Labute approximate surface area is 231 Å². The zero-order valence-electron chi connectivity index (χ0n) is 21.3. The van der Waals surface area contributed by atoms with Crippen molar-refractivity contribution in [2.24, 2.45) is 4.99 Å². The molecule has 39 heavy (non-hydrogen) atoms. The molecule has 3 aromatic heterocycles. The molecule has 196 valence electrons. The highest BCUT2D eigenvalue weighted by molar-refractivity contribution is 7.10. The highest BCUT2D eigenvalue weighted by atomic mass is 32.1. The van der Waals surface area contributed by atoms with Gasteiger partial charge < -0.3 is 9.30 Å². The van der Waals surface area contributed by atoms with Crippen LogP contribution in [-0.4, -0.2) is 21.7 Å². The number of nitrogens with zero attached hydrogens (tertiary/aromatic N) is 3. The number of carbonyl (C=O) groups excluding carboxylic acids is 1. The van der Waals surface area contributed by atoms with Crippen LogP contribution in [0, 0.1) is 5.82 Å². The van der Waals surface area contributed by atoms with E-state index < -0.39 is 12.0 Å². The average molecular weight is 558 g/mol. The first kappa shape index (κ1) is 25.2. The van der Waals surface area contributed by atoms with E-state index in [0.717, 1.165) is 21.3 Å². The molecule has 0 saturated carbocycles. The maximum absolute atomic E-state index is 14.4. The van der Waals surface area contributed by atoms with Gasteiger partial charge in [0.1, 0.15) is 11.9 Å². The third-order valence-corrected chi connectivity index (χ3v) is 8.64. The number of rotatable bonds is 6. The summed E-state index contributed by atoms with van der Waals surface area (Å²) in [5.74, 6) is -0.728. The minimum absolute atomic E-state index is 0.225. The number of thiazole rings is 1. The fourth-order valence-electron chi connectivity index (χ4n) is 4.98. The molecule has 0 fully saturated rings. The number of benzene rings is 2. The molecule has 0 radical (unpaired) electrons. The third-order valence-electron chi connectivity index (χ3n) is 6.73. The molecule has 0 bridgehead atoms. The van der Waals surface area contributed by atoms with Crippen molar-refractivity contribution >= 4 is 45.6 Å². The summed E-state index contributed by atoms with van der Waals surface area (Å²) in [5.41, 5.74) is 3.07. The van der Waals surface area contributed by atoms with Crippen molar-refractivity contribution in [3.63, 3.8) is 0 Å². The van der Waals surface area contributed by atoms with Crippen molar-refractivity contribution < 1.29 is 13.9 Å². The predicted octanol–water partition coefficient (Wildman–Crippen LogP) is 5.00. The lowest BCUT2D eigenvalue weighted by atomic mass is 10.0. The summed E-state index contributed by atoms with van der Waals surface area (Å²) >= 11 is 2.77. The van der Waals surface area contributed by atoms with Crippen LogP contribution in [0.15, 0.2) is 93.3 Å². The Morgan fingerprint density at radius 2 is 1.92 bits per heavy atom. The lowest BCUT2D eigenvalue weighted by Crippen LogP contribution is -2.39. The van der Waals surface area contributed by atoms with Crippen LogP contribution in [0.5, 0.6) is 0 Å². The molecule has 9 heteroatoms. The maximum atomic E-state index is 14.4. The first-order valence-corrected chi connectivity index (χ1v) is 14.2. The van der Waals surface area contributed by atoms with E-state index in [9.17, 15) is 14.0 Å². The Morgan fingerprint density at radius 3 is 2.69 bits per heavy atom. The van der Waals surface area contributed by atoms with Crippen molar-refractivity contribution in [3.8, 4) is 0 Å². The van der Waals surface area contributed by atoms with Gasteiger partial charge in [-0.2, -0.15) is 0 Å². The number of fused-ring (bicyclic) bond motifs is 2. The molecule has 1 aliphatic rings. The predicted molar refractivity (Wildman–Crippen MR) is 152 cm³/mol. The number of ether oxygens (including phenoxy) is 1. The molecule has 2 aromatic carbocycles. The van der Waals surface area contributed by atoms with E-state index in [0.29, 0.717) is 32.7 Å². The van der Waals surface area contributed by atoms with E-state index in [1.165, 1.54) is 28.7 Å². The molecular formula is C30H24FN3O3S2. The van der Waals surface area contributed by atoms with Gasteiger partial charge in [0, 0.05) is 33.1 Å². The minimum Gasteiger partial charge on any atom is -0.463 e. The van der Waals surface area contributed by atoms with Crippen LogP contribution < -0.4 is 14.9 Å². The van der Waals surface area contributed by atoms with Crippen LogP contribution in [0.3, 0.4) is 0 Å². The second-order valence-electron chi connectivity index (χ2n) is 9.14. The summed E-state index contributed by atoms with van der Waals surface area (Å²) in [4.78, 5) is 32.9. The molecular weight excluding hydrogens is 533 g/mol. The Hall–Kier alpha value is -4.08. The second-order valence-corrected chi connectivity index (χ2v) is 11.1. The smallest absolute Gasteiger partial charge is 0.338 e. The summed E-state index contributed by atoms with van der Waals surface area (Å²) in [6, 6.07) is 17.8. The van der Waals surface area contributed by atoms with Crippen LogP contribution in [0.1, 0.15) is 35.9 Å². The second kappa shape index (κ2) is 10.2. The van der Waals surface area contributed by atoms with Crippen LogP contribution in [0.25, 0.3) is 17.0 Å². The molecule has 0 N–H and O–H groups in total. The van der Waals surface area contributed by atoms with Crippen molar-refractivity contribution in [2.45, 2.75) is 26.4 Å². The quantitative estimate of drug-likeness (QED) is 0.276. The summed E-state index contributed by atoms with van der Waals surface area (Å²) < 4.78 is 23.9. The molecule has 5 aromatic rings. The number of hydrogen-bond donors (Lipinski definition) is 0. The molecule has 6 rings (SSSR count). The van der Waals surface area contributed by atoms with Crippen molar-refractivity contribution in [1.29, 1.82) is 0 Å². The van der Waals surface area contributed by atoms with Gasteiger partial charge >= 0.3 is 5.97 Å². The highest BCUT2D eigenvalue weighted by Gasteiger charge is 2.33. The van der Waals surface area contributed by atoms with E-state index in [-0.39, 0.29) is 18.0 Å². The molecule has 0 unspecified atom stereocenters. The number of halogens is 1. The lowest BCUT2D eigenvalue weighted by Gasteiger charge is -2.23. The summed E-state index contributed by atoms with van der Waals surface area (Å²) in [6.07, 6.45) is 3.81. The maximum Gasteiger partial charge on any atom is 0.338 e. The van der Waals surface area contributed by atoms with E-state index in [1.54, 1.807) is 30.5 Å². The number of esters is 1. The van der Waals surface area contributed by atoms with Gasteiger partial charge in [-0.05, 0) is 43.5 Å². The largest absolute Gasteiger partial charge is 0.463 e. The fraction of sp³-hybridized carbons (Fsp3) is 0.167. The molecule has 0 amide bonds. The zero-order chi connectivity index (χ0) is 27.1. The number of thiophene rings is 1. The number of aromatic nitrogens is 2. The SMILES string of the molecule is CCOC(=O)C1=C(C)N=c2s/c(=C\c3cn(Cc4ccccc4F)c4ccccc34)c(=O)n2[C@@H]1c1cccs1. The number of allylic oxidation sites excluding steroid dienone is 1. The van der Waals surface area contributed by atoms with Crippen LogP contribution in [0.2, 0.25) is 0 Å². The van der Waals surface area contributed by atoms with Gasteiger partial charge in [-0.25, -0.2) is 14.2 Å². The Bertz CT molecular complexity index is 1930. The molecule has 1 atom stereocenters. The van der Waals surface area contributed by atoms with Crippen molar-refractivity contribution in [3.05, 3.63) is 125 Å². The van der Waals surface area contributed by atoms with E-state index in [2.05, 4.69) is 4.99 Å². The standard InChI is InChI=1S/C30H24FN3O3S2/c1-3-37-29(36)26-18(2)32-30-34(27(26)24-13-8-14-38-24)28(35)25(39-30)15-20-17-33(23-12-7-5-10-21(20)23)16-19-9-4-6-11-22(19)31/h4-15,17,27H,3,16H2,1-2H3/b25-15-/t27-/m1/s1. The van der Waals surface area contributed by atoms with Gasteiger partial charge in [-0.15, -0.1) is 11.3 Å². The molecule has 0 aliphatic carbocycles. The number of para-hydroxylation sites is 1. The fourth-order valence-corrected chi connectivity index (χ4v) is 6.84. The topological polar surface area (TPSA) is 65.6 Å². The summed E-state index contributed by atoms with van der Waals surface area (Å²) in [5, 5.41) is 2.88. The molecule has 1 aliphatic heterocycles. The number of hydrogen-bond acceptors (Lipinski definition) is 6. The van der Waals surface area contributed by atoms with Crippen molar-refractivity contribution in [1.82, 2.24) is 9.13 Å². The first-order valence-electron chi connectivity index (χ1n) is 12.5. The Kier molecular flexibility index (Phi) is 6.62. The van der Waals surface area contributed by atoms with Gasteiger partial charge in [0.2, 0.25) is 0 Å². The van der Waals surface area contributed by atoms with Crippen molar-refractivity contribution in [2.75, 3.05) is 6.61 Å². The molecule has 6 nitrogen and oxygen atoms in total. The van der Waals surface area contributed by atoms with Gasteiger partial charge in [0.15, 0.2) is 4.80 Å². The first-order chi connectivity index (χ1) is 19.0. The van der Waals surface area contributed by atoms with Gasteiger partial charge in [0.25, 0.3) is 5.56 Å². The number of carbonyl (C=O) groups is 1. The highest BCUT2D eigenvalue weighted by Crippen LogP contribution is 2.33. The molecule has 0 spiro atoms. The average Bonchev–Trinajstić information content (AvgIpc) is 3.65. The molecule has 0 saturated heterocycles. The van der Waals surface area contributed by atoms with E-state index >= 15 is 0 Å². The minimum atomic E-state index is -0.607. The van der Waals surface area contributed by atoms with Gasteiger partial charge in [-0.1, -0.05) is 53.8 Å². The van der Waals surface area contributed by atoms with Gasteiger partial charge in [-0.3, -0.25) is 9.36 Å². The van der Waals surface area contributed by atoms with E-state index in [4.69, 9.17) is 4.74 Å². The Balaban J connectivity index is 1.51. The van der Waals surface area contributed by atoms with Crippen LogP contribution in [0.4, 0.5) is 4.39 Å². The zero-order valence-corrected chi connectivity index (χ0v) is 22.9. The van der Waals surface area contributed by atoms with Crippen LogP contribution >= 0.6 is 22.7 Å². The summed E-state index contributed by atoms with van der Waals surface area (Å²) in [7, 11) is 0. The van der Waals surface area contributed by atoms with Gasteiger partial charge in [0.05, 0.1) is 29.0 Å². The monoisotopic (exact) mass is 557 g/mol. The van der Waals surface area contributed by atoms with E-state index in [1.807, 2.05) is 64.7 Å². The van der Waals surface area contributed by atoms with Crippen LogP contribution in [-0.2, 0) is 16.1 Å². The molecule has 4 heterocycles. The third kappa shape index (κ3) is 4.47. The summed E-state index contributed by atoms with van der Waals surface area (Å²) in [6.45, 7) is 4.13. The normalized spacial score (nSPS) is 15.5.